The second-order valence-electron chi connectivity index (χ2n) is 1.54. The van der Waals surface area contributed by atoms with Crippen LogP contribution in [0.25, 0.3) is 0 Å². The molecule has 0 saturated carbocycles. The molecule has 0 saturated heterocycles. The number of nitrogens with two attached hydrogens (primary N) is 1. The fourth-order valence-electron chi connectivity index (χ4n) is 0.275. The molecule has 5 nitrogen and oxygen atoms in total. The number of carboxylic acid groups (broad SMARTS) is 2. The topological polar surface area (TPSA) is 101 Å². The van der Waals surface area contributed by atoms with E-state index in [1.165, 1.54) is 0 Å². The molecule has 0 amide bonds. The van der Waals surface area contributed by atoms with Crippen LogP contribution in [-0.4, -0.2) is 131 Å². The van der Waals surface area contributed by atoms with Crippen molar-refractivity contribution in [3.63, 3.8) is 0 Å². The van der Waals surface area contributed by atoms with Crippen molar-refractivity contribution >= 4 is 115 Å². The van der Waals surface area contributed by atoms with Crippen molar-refractivity contribution in [1.29, 1.82) is 0 Å². The van der Waals surface area contributed by atoms with E-state index < -0.39 is 24.4 Å². The molecule has 0 heterocycles. The number of carboxylic acids is 2. The first-order chi connectivity index (χ1) is 4.04. The van der Waals surface area contributed by atoms with E-state index in [-0.39, 0.29) is 103 Å². The Morgan fingerprint density at radius 2 is 1.64 bits per heavy atom. The van der Waals surface area contributed by atoms with Crippen molar-refractivity contribution in [1.82, 2.24) is 0 Å². The van der Waals surface area contributed by atoms with Crippen molar-refractivity contribution in [2.24, 2.45) is 5.73 Å². The molecule has 0 rings (SSSR count). The van der Waals surface area contributed by atoms with Crippen LogP contribution in [0.1, 0.15) is 6.42 Å². The first kappa shape index (κ1) is 18.9. The Labute approximate surface area is 149 Å². The van der Waals surface area contributed by atoms with Gasteiger partial charge in [0.1, 0.15) is 6.04 Å². The Morgan fingerprint density at radius 1 is 1.27 bits per heavy atom. The van der Waals surface area contributed by atoms with Crippen molar-refractivity contribution in [3.05, 3.63) is 0 Å². The summed E-state index contributed by atoms with van der Waals surface area (Å²) in [6.07, 6.45) is -0.532. The summed E-state index contributed by atoms with van der Waals surface area (Å²) >= 11 is 0. The van der Waals surface area contributed by atoms with Gasteiger partial charge in [0.05, 0.1) is 6.42 Å². The van der Waals surface area contributed by atoms with Crippen LogP contribution in [0.2, 0.25) is 0 Å². The van der Waals surface area contributed by atoms with Gasteiger partial charge in [0.25, 0.3) is 0 Å². The van der Waals surface area contributed by atoms with E-state index in [0.29, 0.717) is 0 Å². The Balaban J connectivity index is -0.000000320. The molecule has 0 fully saturated rings. The number of carbonyl (C=O) groups is 2. The van der Waals surface area contributed by atoms with Gasteiger partial charge in [-0.25, -0.2) is 0 Å². The summed E-state index contributed by atoms with van der Waals surface area (Å²) in [6.45, 7) is 0. The maximum atomic E-state index is 9.85. The van der Waals surface area contributed by atoms with E-state index in [1.54, 1.807) is 0 Å². The Hall–Kier alpha value is 2.17. The predicted molar refractivity (Wildman–Crippen MR) is 42.2 cm³/mol. The van der Waals surface area contributed by atoms with E-state index in [9.17, 15) is 9.59 Å². The Bertz CT molecular complexity index is 140. The van der Waals surface area contributed by atoms with Gasteiger partial charge in [-0.1, -0.05) is 0 Å². The zero-order valence-electron chi connectivity index (χ0n) is 4.57. The van der Waals surface area contributed by atoms with E-state index in [0.717, 1.165) is 0 Å². The zero-order chi connectivity index (χ0) is 7.44. The zero-order valence-corrected chi connectivity index (χ0v) is 4.57. The van der Waals surface area contributed by atoms with Gasteiger partial charge in [-0.2, -0.15) is 0 Å². The summed E-state index contributed by atoms with van der Waals surface area (Å²) in [6, 6.07) is -1.29. The summed E-state index contributed by atoms with van der Waals surface area (Å²) in [7, 11) is 0. The molecule has 4 N–H and O–H groups in total. The standard InChI is InChI=1S/C4H7NO4.2K.2H/c5-2(4(8)9)1-3(6)7;;;;/h2H,1,5H2,(H,6,7)(H,8,9);;;;/t2-;;;;/m0..../s1. The molecule has 56 valence electrons. The summed E-state index contributed by atoms with van der Waals surface area (Å²) in [5.74, 6) is -2.50. The molecule has 0 aromatic rings. The average molecular weight is 213 g/mol. The molecule has 11 heavy (non-hydrogen) atoms. The van der Waals surface area contributed by atoms with Gasteiger partial charge in [0, 0.05) is 0 Å². The SMILES string of the molecule is N[C@@H](CC(=O)O)C(=O)O.[KH].[KH]. The molecule has 0 bridgehead atoms. The van der Waals surface area contributed by atoms with Crippen molar-refractivity contribution < 1.29 is 19.8 Å². The molecule has 0 aliphatic rings. The monoisotopic (exact) mass is 213 g/mol. The third-order valence-corrected chi connectivity index (χ3v) is 0.712. The van der Waals surface area contributed by atoms with Crippen molar-refractivity contribution in [3.8, 4) is 0 Å². The minimum absolute atomic E-state index is 0. The molecule has 0 aliphatic heterocycles. The van der Waals surface area contributed by atoms with E-state index >= 15 is 0 Å². The van der Waals surface area contributed by atoms with Gasteiger partial charge in [-0.15, -0.1) is 0 Å². The summed E-state index contributed by atoms with van der Waals surface area (Å²) in [4.78, 5) is 19.6. The number of hydrogen-bond acceptors (Lipinski definition) is 3. The fourth-order valence-corrected chi connectivity index (χ4v) is 0.275. The molecule has 0 spiro atoms. The molecule has 1 atom stereocenters. The predicted octanol–water partition coefficient (Wildman–Crippen LogP) is -2.42. The second kappa shape index (κ2) is 10.3. The normalized spacial score (nSPS) is 10.3. The Kier molecular flexibility index (Phi) is 17.6. The number of aliphatic carboxylic acids is 2. The van der Waals surface area contributed by atoms with Crippen LogP contribution in [0.15, 0.2) is 0 Å². The third kappa shape index (κ3) is 12.2. The molecule has 0 aromatic carbocycles. The molecule has 0 radical (unpaired) electrons. The van der Waals surface area contributed by atoms with E-state index in [1.807, 2.05) is 0 Å². The van der Waals surface area contributed by atoms with Crippen molar-refractivity contribution in [2.75, 3.05) is 0 Å². The Morgan fingerprint density at radius 3 is 1.73 bits per heavy atom. The second-order valence-corrected chi connectivity index (χ2v) is 1.54. The van der Waals surface area contributed by atoms with Crippen molar-refractivity contribution in [2.45, 2.75) is 12.5 Å². The van der Waals surface area contributed by atoms with E-state index in [2.05, 4.69) is 0 Å². The fraction of sp³-hybridized carbons (Fsp3) is 0.500. The van der Waals surface area contributed by atoms with Crippen LogP contribution in [0.5, 0.6) is 0 Å². The summed E-state index contributed by atoms with van der Waals surface area (Å²) in [5.41, 5.74) is 4.84. The van der Waals surface area contributed by atoms with Gasteiger partial charge in [-0.3, -0.25) is 9.59 Å². The first-order valence-corrected chi connectivity index (χ1v) is 2.24. The van der Waals surface area contributed by atoms with Gasteiger partial charge in [0.2, 0.25) is 0 Å². The summed E-state index contributed by atoms with van der Waals surface area (Å²) in [5, 5.41) is 16.0. The molecule has 0 aromatic heterocycles. The van der Waals surface area contributed by atoms with E-state index in [4.69, 9.17) is 15.9 Å². The quantitative estimate of drug-likeness (QED) is 0.453. The molecular formula is C4H9K2NO4. The number of rotatable bonds is 3. The van der Waals surface area contributed by atoms with Gasteiger partial charge in [0.15, 0.2) is 0 Å². The molecule has 7 heteroatoms. The minimum atomic E-state index is -1.29. The van der Waals surface area contributed by atoms with Crippen LogP contribution in [0, 0.1) is 0 Å². The molecule has 0 unspecified atom stereocenters. The van der Waals surface area contributed by atoms with Crippen LogP contribution in [0.3, 0.4) is 0 Å². The third-order valence-electron chi connectivity index (χ3n) is 0.712. The van der Waals surface area contributed by atoms with Gasteiger partial charge < -0.3 is 15.9 Å². The maximum absolute atomic E-state index is 9.85. The van der Waals surface area contributed by atoms with Crippen LogP contribution in [-0.2, 0) is 9.59 Å². The van der Waals surface area contributed by atoms with Gasteiger partial charge in [-0.05, 0) is 0 Å². The molecule has 0 aliphatic carbocycles. The number of hydrogen-bond donors (Lipinski definition) is 3. The van der Waals surface area contributed by atoms with Crippen LogP contribution >= 0.6 is 0 Å². The average Bonchev–Trinajstić information content (AvgIpc) is 1.63. The molecular weight excluding hydrogens is 204 g/mol. The van der Waals surface area contributed by atoms with Crippen LogP contribution < -0.4 is 5.73 Å². The van der Waals surface area contributed by atoms with Gasteiger partial charge >= 0.3 is 115 Å². The first-order valence-electron chi connectivity index (χ1n) is 2.24. The summed E-state index contributed by atoms with van der Waals surface area (Å²) < 4.78 is 0. The van der Waals surface area contributed by atoms with Crippen LogP contribution in [0.4, 0.5) is 0 Å².